The molecule has 0 fully saturated rings. The van der Waals surface area contributed by atoms with E-state index in [1.807, 2.05) is 0 Å². The van der Waals surface area contributed by atoms with Gasteiger partial charge in [0.15, 0.2) is 0 Å². The van der Waals surface area contributed by atoms with Crippen LogP contribution in [0.1, 0.15) is 21.1 Å². The van der Waals surface area contributed by atoms with Gasteiger partial charge in [0.1, 0.15) is 0 Å². The molecular formula is C21H18N2S2. The van der Waals surface area contributed by atoms with E-state index in [9.17, 15) is 0 Å². The second kappa shape index (κ2) is 6.90. The van der Waals surface area contributed by atoms with E-state index in [4.69, 9.17) is 9.97 Å². The quantitative estimate of drug-likeness (QED) is 0.436. The van der Waals surface area contributed by atoms with Crippen molar-refractivity contribution in [2.75, 3.05) is 0 Å². The van der Waals surface area contributed by atoms with Crippen molar-refractivity contribution in [2.45, 2.75) is 20.3 Å². The highest BCUT2D eigenvalue weighted by atomic mass is 32.1. The van der Waals surface area contributed by atoms with Crippen molar-refractivity contribution < 1.29 is 0 Å². The van der Waals surface area contributed by atoms with Gasteiger partial charge in [0.05, 0.1) is 21.1 Å². The molecule has 4 aromatic rings. The van der Waals surface area contributed by atoms with Gasteiger partial charge in [0.25, 0.3) is 0 Å². The molecule has 0 bridgehead atoms. The molecule has 0 atom stereocenters. The predicted octanol–water partition coefficient (Wildman–Crippen LogP) is 6.14. The fourth-order valence-electron chi connectivity index (χ4n) is 2.76. The fourth-order valence-corrected chi connectivity index (χ4v) is 4.44. The lowest BCUT2D eigenvalue weighted by atomic mass is 10.1. The summed E-state index contributed by atoms with van der Waals surface area (Å²) in [5, 5.41) is 0. The first-order chi connectivity index (χ1) is 12.2. The summed E-state index contributed by atoms with van der Waals surface area (Å²) in [7, 11) is 0. The smallest absolute Gasteiger partial charge is 0.0805 e. The summed E-state index contributed by atoms with van der Waals surface area (Å²) in [6.07, 6.45) is 0.746. The maximum absolute atomic E-state index is 4.83. The van der Waals surface area contributed by atoms with Gasteiger partial charge < -0.3 is 0 Å². The standard InChI is InChI=1S/C21H18N2S2/c1-14-9-11-20(24-14)18-7-3-5-16(22-18)13-17-6-4-8-19(23-17)21-12-10-15(2)25-21/h3-12H,13H2,1-2H3. The minimum Gasteiger partial charge on any atom is -0.252 e. The van der Waals surface area contributed by atoms with Crippen LogP contribution in [0.3, 0.4) is 0 Å². The van der Waals surface area contributed by atoms with Crippen molar-refractivity contribution in [3.8, 4) is 21.1 Å². The van der Waals surface area contributed by atoms with Crippen molar-refractivity contribution in [1.29, 1.82) is 0 Å². The molecule has 0 saturated heterocycles. The van der Waals surface area contributed by atoms with Crippen molar-refractivity contribution >= 4 is 22.7 Å². The average molecular weight is 363 g/mol. The van der Waals surface area contributed by atoms with E-state index in [0.29, 0.717) is 0 Å². The third-order valence-corrected chi connectivity index (χ3v) is 6.01. The molecule has 124 valence electrons. The molecule has 0 N–H and O–H groups in total. The Labute approximate surface area is 155 Å². The van der Waals surface area contributed by atoms with Crippen LogP contribution in [0.5, 0.6) is 0 Å². The molecule has 0 aliphatic carbocycles. The van der Waals surface area contributed by atoms with Crippen LogP contribution in [0.25, 0.3) is 21.1 Å². The Morgan fingerprint density at radius 2 is 1.12 bits per heavy atom. The predicted molar refractivity (Wildman–Crippen MR) is 107 cm³/mol. The van der Waals surface area contributed by atoms with Crippen LogP contribution in [0, 0.1) is 13.8 Å². The first-order valence-electron chi connectivity index (χ1n) is 8.23. The molecule has 0 radical (unpaired) electrons. The van der Waals surface area contributed by atoms with E-state index in [1.165, 1.54) is 19.5 Å². The summed E-state index contributed by atoms with van der Waals surface area (Å²) in [4.78, 5) is 14.7. The molecule has 0 aliphatic rings. The number of hydrogen-bond acceptors (Lipinski definition) is 4. The Bertz CT molecular complexity index is 932. The Hall–Kier alpha value is -2.30. The molecule has 4 heteroatoms. The number of pyridine rings is 2. The van der Waals surface area contributed by atoms with Crippen molar-refractivity contribution in [3.05, 3.63) is 81.8 Å². The summed E-state index contributed by atoms with van der Waals surface area (Å²) in [5.41, 5.74) is 4.19. The monoisotopic (exact) mass is 362 g/mol. The first-order valence-corrected chi connectivity index (χ1v) is 9.86. The van der Waals surface area contributed by atoms with Crippen molar-refractivity contribution in [2.24, 2.45) is 0 Å². The van der Waals surface area contributed by atoms with Gasteiger partial charge in [-0.05, 0) is 62.4 Å². The zero-order valence-corrected chi connectivity index (χ0v) is 15.8. The fraction of sp³-hybridized carbons (Fsp3) is 0.143. The summed E-state index contributed by atoms with van der Waals surface area (Å²) in [5.74, 6) is 0. The molecule has 0 aliphatic heterocycles. The molecule has 0 saturated carbocycles. The summed E-state index contributed by atoms with van der Waals surface area (Å²) >= 11 is 3.56. The van der Waals surface area contributed by atoms with Crippen LogP contribution in [0.15, 0.2) is 60.7 Å². The second-order valence-corrected chi connectivity index (χ2v) is 8.60. The van der Waals surface area contributed by atoms with E-state index in [-0.39, 0.29) is 0 Å². The molecule has 4 rings (SSSR count). The summed E-state index contributed by atoms with van der Waals surface area (Å²) < 4.78 is 0. The van der Waals surface area contributed by atoms with Crippen LogP contribution >= 0.6 is 22.7 Å². The Balaban J connectivity index is 1.60. The van der Waals surface area contributed by atoms with Crippen LogP contribution < -0.4 is 0 Å². The molecule has 2 nitrogen and oxygen atoms in total. The van der Waals surface area contributed by atoms with Gasteiger partial charge in [0, 0.05) is 27.6 Å². The third kappa shape index (κ3) is 3.70. The molecule has 4 aromatic heterocycles. The molecule has 4 heterocycles. The van der Waals surface area contributed by atoms with Gasteiger partial charge >= 0.3 is 0 Å². The van der Waals surface area contributed by atoms with Crippen LogP contribution in [0.2, 0.25) is 0 Å². The van der Waals surface area contributed by atoms with E-state index in [1.54, 1.807) is 22.7 Å². The minimum absolute atomic E-state index is 0.746. The Kier molecular flexibility index (Phi) is 4.47. The van der Waals surface area contributed by atoms with Gasteiger partial charge in [-0.15, -0.1) is 22.7 Å². The van der Waals surface area contributed by atoms with Gasteiger partial charge in [-0.2, -0.15) is 0 Å². The van der Waals surface area contributed by atoms with E-state index >= 15 is 0 Å². The molecular weight excluding hydrogens is 344 g/mol. The highest BCUT2D eigenvalue weighted by Gasteiger charge is 2.07. The topological polar surface area (TPSA) is 25.8 Å². The third-order valence-electron chi connectivity index (χ3n) is 3.96. The van der Waals surface area contributed by atoms with Gasteiger partial charge in [-0.3, -0.25) is 9.97 Å². The Morgan fingerprint density at radius 3 is 1.52 bits per heavy atom. The number of hydrogen-bond donors (Lipinski definition) is 0. The van der Waals surface area contributed by atoms with E-state index in [0.717, 1.165) is 29.2 Å². The normalized spacial score (nSPS) is 11.0. The second-order valence-electron chi connectivity index (χ2n) is 6.03. The summed E-state index contributed by atoms with van der Waals surface area (Å²) in [6.45, 7) is 4.25. The Morgan fingerprint density at radius 1 is 0.640 bits per heavy atom. The first kappa shape index (κ1) is 16.2. The van der Waals surface area contributed by atoms with Crippen molar-refractivity contribution in [3.63, 3.8) is 0 Å². The summed E-state index contributed by atoms with van der Waals surface area (Å²) in [6, 6.07) is 21.0. The maximum atomic E-state index is 4.83. The lowest BCUT2D eigenvalue weighted by Crippen LogP contribution is -1.96. The number of thiophene rings is 2. The molecule has 0 spiro atoms. The van der Waals surface area contributed by atoms with Crippen molar-refractivity contribution in [1.82, 2.24) is 9.97 Å². The minimum atomic E-state index is 0.746. The number of nitrogens with zero attached hydrogens (tertiary/aromatic N) is 2. The lowest BCUT2D eigenvalue weighted by molar-refractivity contribution is 1.02. The average Bonchev–Trinajstić information content (AvgIpc) is 3.24. The van der Waals surface area contributed by atoms with E-state index in [2.05, 4.69) is 74.5 Å². The molecule has 0 aromatic carbocycles. The van der Waals surface area contributed by atoms with Crippen LogP contribution in [-0.2, 0) is 6.42 Å². The zero-order chi connectivity index (χ0) is 17.2. The van der Waals surface area contributed by atoms with Gasteiger partial charge in [-0.25, -0.2) is 0 Å². The molecule has 0 unspecified atom stereocenters. The number of aryl methyl sites for hydroxylation is 2. The van der Waals surface area contributed by atoms with E-state index < -0.39 is 0 Å². The number of aromatic nitrogens is 2. The largest absolute Gasteiger partial charge is 0.252 e. The lowest BCUT2D eigenvalue weighted by Gasteiger charge is -2.05. The highest BCUT2D eigenvalue weighted by Crippen LogP contribution is 2.28. The van der Waals surface area contributed by atoms with Crippen LogP contribution in [-0.4, -0.2) is 9.97 Å². The van der Waals surface area contributed by atoms with Gasteiger partial charge in [0.2, 0.25) is 0 Å². The SMILES string of the molecule is Cc1ccc(-c2cccc(Cc3cccc(-c4ccc(C)s4)n3)n2)s1. The number of rotatable bonds is 4. The zero-order valence-electron chi connectivity index (χ0n) is 14.2. The molecule has 0 amide bonds. The van der Waals surface area contributed by atoms with Crippen LogP contribution in [0.4, 0.5) is 0 Å². The highest BCUT2D eigenvalue weighted by molar-refractivity contribution is 7.15. The maximum Gasteiger partial charge on any atom is 0.0805 e. The molecule has 25 heavy (non-hydrogen) atoms. The van der Waals surface area contributed by atoms with Gasteiger partial charge in [-0.1, -0.05) is 12.1 Å².